The number of hydrogen-bond donors (Lipinski definition) is 2. The predicted octanol–water partition coefficient (Wildman–Crippen LogP) is 3.73. The molecule has 0 radical (unpaired) electrons. The normalized spacial score (nSPS) is 12.7. The maximum Gasteiger partial charge on any atom is 0.339 e. The molecule has 2 heterocycles. The number of esters is 1. The molecule has 0 spiro atoms. The Balaban J connectivity index is 1.23. The topological polar surface area (TPSA) is 140 Å². The Kier molecular flexibility index (Phi) is 6.77. The number of pyridine rings is 1. The van der Waals surface area contributed by atoms with E-state index in [2.05, 4.69) is 25.0 Å². The fourth-order valence-electron chi connectivity index (χ4n) is 4.51. The highest BCUT2D eigenvalue weighted by Crippen LogP contribution is 2.30. The average Bonchev–Trinajstić information content (AvgIpc) is 3.33. The second-order valence-electron chi connectivity index (χ2n) is 9.01. The Morgan fingerprint density at radius 2 is 1.66 bits per heavy atom. The van der Waals surface area contributed by atoms with Crippen molar-refractivity contribution in [2.75, 3.05) is 16.6 Å². The molecule has 0 fully saturated rings. The molecule has 0 saturated heterocycles. The van der Waals surface area contributed by atoms with Gasteiger partial charge in [0, 0.05) is 28.2 Å². The summed E-state index contributed by atoms with van der Waals surface area (Å²) in [6, 6.07) is 14.7. The molecule has 0 atom stereocenters. The summed E-state index contributed by atoms with van der Waals surface area (Å²) < 4.78 is 33.1. The summed E-state index contributed by atoms with van der Waals surface area (Å²) in [6.07, 6.45) is 2.46. The van der Waals surface area contributed by atoms with Crippen LogP contribution < -0.4 is 10.0 Å². The van der Waals surface area contributed by atoms with Gasteiger partial charge in [-0.2, -0.15) is 0 Å². The van der Waals surface area contributed by atoms with Crippen molar-refractivity contribution in [2.45, 2.75) is 38.0 Å². The summed E-state index contributed by atoms with van der Waals surface area (Å²) >= 11 is 0. The van der Waals surface area contributed by atoms with Crippen molar-refractivity contribution >= 4 is 44.4 Å². The smallest absolute Gasteiger partial charge is 0.339 e. The van der Waals surface area contributed by atoms with Gasteiger partial charge in [-0.1, -0.05) is 18.2 Å². The molecule has 5 rings (SSSR count). The molecule has 194 valence electrons. The van der Waals surface area contributed by atoms with E-state index in [1.165, 1.54) is 24.3 Å². The minimum atomic E-state index is -3.93. The van der Waals surface area contributed by atoms with Crippen LogP contribution in [0.1, 0.15) is 39.4 Å². The Bertz CT molecular complexity index is 1650. The number of anilines is 2. The number of ether oxygens (including phenoxy) is 1. The van der Waals surface area contributed by atoms with E-state index in [0.29, 0.717) is 28.0 Å². The number of hydrogen-bond acceptors (Lipinski definition) is 8. The maximum absolute atomic E-state index is 13.0. The standard InChI is InChI=1S/C27H25N5O5S/c1-16-14-17(2)29-27(28-16)32-38(35,36)19-12-10-18(11-13-19)30-24(33)15-37-26(34)25-20-6-3-4-8-22(20)31-23-9-5-7-21(23)25/h3-4,6,8,10-14H,5,7,9,15H2,1-2H3,(H,30,33)(H,28,29,32). The summed E-state index contributed by atoms with van der Waals surface area (Å²) in [5, 5.41) is 3.32. The molecular formula is C27H25N5O5S. The van der Waals surface area contributed by atoms with Crippen molar-refractivity contribution in [1.29, 1.82) is 0 Å². The number of carbonyl (C=O) groups excluding carboxylic acids is 2. The van der Waals surface area contributed by atoms with Gasteiger partial charge in [-0.05, 0) is 75.1 Å². The number of benzene rings is 2. The van der Waals surface area contributed by atoms with E-state index in [1.54, 1.807) is 19.9 Å². The summed E-state index contributed by atoms with van der Waals surface area (Å²) in [4.78, 5) is 38.3. The van der Waals surface area contributed by atoms with Crippen molar-refractivity contribution in [3.8, 4) is 0 Å². The third-order valence-corrected chi connectivity index (χ3v) is 7.46. The third-order valence-electron chi connectivity index (χ3n) is 6.11. The molecule has 38 heavy (non-hydrogen) atoms. The Morgan fingerprint density at radius 1 is 0.947 bits per heavy atom. The van der Waals surface area contributed by atoms with Crippen LogP contribution in [0.2, 0.25) is 0 Å². The molecule has 4 aromatic rings. The van der Waals surface area contributed by atoms with Gasteiger partial charge in [-0.15, -0.1) is 0 Å². The highest BCUT2D eigenvalue weighted by molar-refractivity contribution is 7.92. The van der Waals surface area contributed by atoms with Crippen molar-refractivity contribution in [3.63, 3.8) is 0 Å². The zero-order valence-electron chi connectivity index (χ0n) is 20.8. The molecule has 0 saturated carbocycles. The minimum Gasteiger partial charge on any atom is -0.452 e. The fourth-order valence-corrected chi connectivity index (χ4v) is 5.46. The van der Waals surface area contributed by atoms with E-state index >= 15 is 0 Å². The first-order valence-corrected chi connectivity index (χ1v) is 13.5. The monoisotopic (exact) mass is 531 g/mol. The molecule has 0 bridgehead atoms. The highest BCUT2D eigenvalue weighted by Gasteiger charge is 2.25. The third kappa shape index (κ3) is 5.32. The van der Waals surface area contributed by atoms with Crippen LogP contribution in [0.5, 0.6) is 0 Å². The van der Waals surface area contributed by atoms with E-state index in [4.69, 9.17) is 4.74 Å². The van der Waals surface area contributed by atoms with E-state index in [0.717, 1.165) is 36.0 Å². The zero-order chi connectivity index (χ0) is 26.9. The van der Waals surface area contributed by atoms with Crippen LogP contribution in [-0.4, -0.2) is 41.9 Å². The molecule has 1 aliphatic carbocycles. The first-order chi connectivity index (χ1) is 18.2. The van der Waals surface area contributed by atoms with Crippen LogP contribution in [0, 0.1) is 13.8 Å². The van der Waals surface area contributed by atoms with E-state index in [9.17, 15) is 18.0 Å². The minimum absolute atomic E-state index is 0.0192. The van der Waals surface area contributed by atoms with Crippen molar-refractivity contribution < 1.29 is 22.7 Å². The van der Waals surface area contributed by atoms with Gasteiger partial charge in [0.15, 0.2) is 6.61 Å². The van der Waals surface area contributed by atoms with Gasteiger partial charge in [0.05, 0.1) is 16.0 Å². The molecule has 11 heteroatoms. The molecule has 1 aliphatic rings. The zero-order valence-corrected chi connectivity index (χ0v) is 21.6. The predicted molar refractivity (Wildman–Crippen MR) is 141 cm³/mol. The quantitative estimate of drug-likeness (QED) is 0.344. The first kappa shape index (κ1) is 25.3. The van der Waals surface area contributed by atoms with E-state index in [-0.39, 0.29) is 10.8 Å². The van der Waals surface area contributed by atoms with Gasteiger partial charge in [-0.3, -0.25) is 9.78 Å². The molecule has 2 aromatic heterocycles. The summed E-state index contributed by atoms with van der Waals surface area (Å²) in [5.41, 5.74) is 4.58. The lowest BCUT2D eigenvalue weighted by atomic mass is 10.0. The molecule has 2 N–H and O–H groups in total. The number of nitrogens with one attached hydrogen (secondary N) is 2. The van der Waals surface area contributed by atoms with E-state index in [1.807, 2.05) is 24.3 Å². The van der Waals surface area contributed by atoms with Crippen molar-refractivity contribution in [1.82, 2.24) is 15.0 Å². The summed E-state index contributed by atoms with van der Waals surface area (Å²) in [6.45, 7) is 3.00. The Hall–Kier alpha value is -4.38. The van der Waals surface area contributed by atoms with Gasteiger partial charge < -0.3 is 10.1 Å². The van der Waals surface area contributed by atoms with Crippen LogP contribution in [0.25, 0.3) is 10.9 Å². The Morgan fingerprint density at radius 3 is 2.39 bits per heavy atom. The number of fused-ring (bicyclic) bond motifs is 2. The average molecular weight is 532 g/mol. The van der Waals surface area contributed by atoms with Crippen molar-refractivity contribution in [2.24, 2.45) is 0 Å². The van der Waals surface area contributed by atoms with Crippen LogP contribution in [0.4, 0.5) is 11.6 Å². The summed E-state index contributed by atoms with van der Waals surface area (Å²) in [5.74, 6) is -1.14. The second kappa shape index (κ2) is 10.2. The molecule has 1 amide bonds. The number of carbonyl (C=O) groups is 2. The fraction of sp³-hybridized carbons (Fsp3) is 0.222. The van der Waals surface area contributed by atoms with Crippen LogP contribution >= 0.6 is 0 Å². The molecule has 0 unspecified atom stereocenters. The van der Waals surface area contributed by atoms with Crippen molar-refractivity contribution in [3.05, 3.63) is 82.8 Å². The number of sulfonamides is 1. The lowest BCUT2D eigenvalue weighted by Gasteiger charge is -2.12. The largest absolute Gasteiger partial charge is 0.452 e. The van der Waals surface area contributed by atoms with Gasteiger partial charge in [0.2, 0.25) is 5.95 Å². The van der Waals surface area contributed by atoms with Crippen LogP contribution in [0.3, 0.4) is 0 Å². The Labute approximate surface area is 219 Å². The van der Waals surface area contributed by atoms with Gasteiger partial charge >= 0.3 is 5.97 Å². The maximum atomic E-state index is 13.0. The molecule has 10 nitrogen and oxygen atoms in total. The van der Waals surface area contributed by atoms with Gasteiger partial charge in [-0.25, -0.2) is 27.9 Å². The van der Waals surface area contributed by atoms with Gasteiger partial charge in [0.25, 0.3) is 15.9 Å². The lowest BCUT2D eigenvalue weighted by molar-refractivity contribution is -0.119. The highest BCUT2D eigenvalue weighted by atomic mass is 32.2. The molecular weight excluding hydrogens is 506 g/mol. The first-order valence-electron chi connectivity index (χ1n) is 12.0. The van der Waals surface area contributed by atoms with Crippen LogP contribution in [0.15, 0.2) is 59.5 Å². The number of aryl methyl sites for hydroxylation is 3. The number of rotatable bonds is 7. The van der Waals surface area contributed by atoms with Gasteiger partial charge in [0.1, 0.15) is 0 Å². The second-order valence-corrected chi connectivity index (χ2v) is 10.7. The summed E-state index contributed by atoms with van der Waals surface area (Å²) in [7, 11) is -3.93. The van der Waals surface area contributed by atoms with Crippen LogP contribution in [-0.2, 0) is 32.4 Å². The number of aromatic nitrogens is 3. The number of nitrogens with zero attached hydrogens (tertiary/aromatic N) is 3. The number of para-hydroxylation sites is 1. The SMILES string of the molecule is Cc1cc(C)nc(NS(=O)(=O)c2ccc(NC(=O)COC(=O)c3c4c(nc5ccccc35)CCC4)cc2)n1. The number of amides is 1. The van der Waals surface area contributed by atoms with E-state index < -0.39 is 28.5 Å². The molecule has 2 aromatic carbocycles. The molecule has 0 aliphatic heterocycles. The lowest BCUT2D eigenvalue weighted by Crippen LogP contribution is -2.22.